The van der Waals surface area contributed by atoms with Crippen molar-refractivity contribution in [3.8, 4) is 5.75 Å². The highest BCUT2D eigenvalue weighted by Crippen LogP contribution is 2.39. The number of hydrogen-bond acceptors (Lipinski definition) is 3. The van der Waals surface area contributed by atoms with Crippen LogP contribution in [0.5, 0.6) is 5.75 Å². The van der Waals surface area contributed by atoms with Crippen LogP contribution in [0.2, 0.25) is 0 Å². The van der Waals surface area contributed by atoms with Gasteiger partial charge in [-0.3, -0.25) is 9.59 Å². The molecule has 6 heteroatoms. The fourth-order valence-corrected chi connectivity index (χ4v) is 2.80. The van der Waals surface area contributed by atoms with Crippen molar-refractivity contribution < 1.29 is 23.8 Å². The number of carbonyl (C=O) groups is 2. The van der Waals surface area contributed by atoms with E-state index in [4.69, 9.17) is 4.74 Å². The molecule has 1 aromatic rings. The molecule has 1 N–H and O–H groups in total. The summed E-state index contributed by atoms with van der Waals surface area (Å²) >= 11 is 0. The Kier molecular flexibility index (Phi) is 4.45. The fourth-order valence-electron chi connectivity index (χ4n) is 2.80. The number of carboxylic acid groups (broad SMARTS) is 1. The lowest BCUT2D eigenvalue weighted by Gasteiger charge is -2.27. The Morgan fingerprint density at radius 1 is 1.52 bits per heavy atom. The summed E-state index contributed by atoms with van der Waals surface area (Å²) in [5.41, 5.74) is 0.486. The van der Waals surface area contributed by atoms with Crippen molar-refractivity contribution in [3.05, 3.63) is 29.6 Å². The average molecular weight is 295 g/mol. The van der Waals surface area contributed by atoms with Crippen LogP contribution in [0.4, 0.5) is 4.39 Å². The number of halogens is 1. The van der Waals surface area contributed by atoms with E-state index in [2.05, 4.69) is 0 Å². The summed E-state index contributed by atoms with van der Waals surface area (Å²) in [6.45, 7) is 2.37. The smallest absolute Gasteiger partial charge is 0.309 e. The molecule has 0 aromatic heterocycles. The number of carbonyl (C=O) groups excluding carboxylic acids is 1. The normalized spacial score (nSPS) is 21.7. The number of likely N-dealkylation sites (tertiary alicyclic amines) is 1. The van der Waals surface area contributed by atoms with E-state index in [9.17, 15) is 19.1 Å². The summed E-state index contributed by atoms with van der Waals surface area (Å²) in [4.78, 5) is 24.9. The number of benzene rings is 1. The van der Waals surface area contributed by atoms with Crippen LogP contribution in [0.3, 0.4) is 0 Å². The number of ether oxygens (including phenoxy) is 1. The molecule has 1 amide bonds. The lowest BCUT2D eigenvalue weighted by Crippen LogP contribution is -2.31. The maximum absolute atomic E-state index is 13.9. The van der Waals surface area contributed by atoms with Crippen LogP contribution in [0, 0.1) is 11.7 Å². The lowest BCUT2D eigenvalue weighted by molar-refractivity contribution is -0.142. The van der Waals surface area contributed by atoms with E-state index in [0.29, 0.717) is 18.5 Å². The summed E-state index contributed by atoms with van der Waals surface area (Å²) in [5.74, 6) is -2.56. The summed E-state index contributed by atoms with van der Waals surface area (Å²) in [5, 5.41) is 9.32. The van der Waals surface area contributed by atoms with Gasteiger partial charge in [0.15, 0.2) is 11.6 Å². The van der Waals surface area contributed by atoms with Gasteiger partial charge in [-0.25, -0.2) is 4.39 Å². The van der Waals surface area contributed by atoms with E-state index >= 15 is 0 Å². The molecule has 1 fully saturated rings. The molecule has 0 aliphatic carbocycles. The SMILES string of the molecule is CCCN1C(=O)CC(C(=O)O)C1c1ccc(OC)c(F)c1. The van der Waals surface area contributed by atoms with Gasteiger partial charge < -0.3 is 14.7 Å². The Balaban J connectivity index is 2.42. The fraction of sp³-hybridized carbons (Fsp3) is 0.467. The van der Waals surface area contributed by atoms with E-state index in [-0.39, 0.29) is 18.1 Å². The summed E-state index contributed by atoms with van der Waals surface area (Å²) < 4.78 is 18.7. The first-order valence-electron chi connectivity index (χ1n) is 6.85. The molecule has 2 unspecified atom stereocenters. The van der Waals surface area contributed by atoms with Crippen LogP contribution in [-0.2, 0) is 9.59 Å². The zero-order valence-corrected chi connectivity index (χ0v) is 12.0. The van der Waals surface area contributed by atoms with Gasteiger partial charge in [0.25, 0.3) is 0 Å². The largest absolute Gasteiger partial charge is 0.494 e. The zero-order valence-electron chi connectivity index (χ0n) is 12.0. The molecule has 1 aliphatic heterocycles. The van der Waals surface area contributed by atoms with E-state index in [1.165, 1.54) is 24.1 Å². The number of aliphatic carboxylic acids is 1. The van der Waals surface area contributed by atoms with Gasteiger partial charge in [0.05, 0.1) is 19.1 Å². The number of hydrogen-bond donors (Lipinski definition) is 1. The van der Waals surface area contributed by atoms with Crippen LogP contribution < -0.4 is 4.74 Å². The van der Waals surface area contributed by atoms with Gasteiger partial charge in [-0.2, -0.15) is 0 Å². The molecule has 114 valence electrons. The molecule has 5 nitrogen and oxygen atoms in total. The van der Waals surface area contributed by atoms with Crippen molar-refractivity contribution in [1.82, 2.24) is 4.90 Å². The minimum absolute atomic E-state index is 0.0480. The van der Waals surface area contributed by atoms with Gasteiger partial charge in [0.1, 0.15) is 0 Å². The molecule has 1 aliphatic rings. The number of methoxy groups -OCH3 is 1. The van der Waals surface area contributed by atoms with Gasteiger partial charge >= 0.3 is 5.97 Å². The molecule has 0 bridgehead atoms. The second-order valence-electron chi connectivity index (χ2n) is 5.07. The molecule has 2 atom stereocenters. The number of rotatable bonds is 5. The Bertz CT molecular complexity index is 561. The second-order valence-corrected chi connectivity index (χ2v) is 5.07. The lowest BCUT2D eigenvalue weighted by atomic mass is 9.93. The Hall–Kier alpha value is -2.11. The van der Waals surface area contributed by atoms with E-state index in [1.54, 1.807) is 6.07 Å². The first-order valence-corrected chi connectivity index (χ1v) is 6.85. The third kappa shape index (κ3) is 2.84. The summed E-state index contributed by atoms with van der Waals surface area (Å²) in [7, 11) is 1.36. The molecular weight excluding hydrogens is 277 g/mol. The molecule has 21 heavy (non-hydrogen) atoms. The monoisotopic (exact) mass is 295 g/mol. The minimum atomic E-state index is -1.04. The van der Waals surface area contributed by atoms with Crippen molar-refractivity contribution in [3.63, 3.8) is 0 Å². The summed E-state index contributed by atoms with van der Waals surface area (Å²) in [6.07, 6.45) is 0.668. The number of carboxylic acids is 1. The molecule has 1 saturated heterocycles. The Labute approximate surface area is 122 Å². The highest BCUT2D eigenvalue weighted by molar-refractivity contribution is 5.87. The Morgan fingerprint density at radius 3 is 2.76 bits per heavy atom. The zero-order chi connectivity index (χ0) is 15.6. The van der Waals surface area contributed by atoms with E-state index < -0.39 is 23.7 Å². The van der Waals surface area contributed by atoms with Crippen molar-refractivity contribution in [2.75, 3.05) is 13.7 Å². The average Bonchev–Trinajstić information content (AvgIpc) is 2.77. The quantitative estimate of drug-likeness (QED) is 0.904. The first kappa shape index (κ1) is 15.3. The van der Waals surface area contributed by atoms with Crippen molar-refractivity contribution in [1.29, 1.82) is 0 Å². The first-order chi connectivity index (χ1) is 9.99. The van der Waals surface area contributed by atoms with Gasteiger partial charge in [-0.05, 0) is 24.1 Å². The highest BCUT2D eigenvalue weighted by Gasteiger charge is 2.44. The third-order valence-corrected chi connectivity index (χ3v) is 3.73. The van der Waals surface area contributed by atoms with E-state index in [0.717, 1.165) is 0 Å². The highest BCUT2D eigenvalue weighted by atomic mass is 19.1. The standard InChI is InChI=1S/C15H18FNO4/c1-3-6-17-13(18)8-10(15(19)20)14(17)9-4-5-12(21-2)11(16)7-9/h4-5,7,10,14H,3,6,8H2,1-2H3,(H,19,20). The van der Waals surface area contributed by atoms with Gasteiger partial charge in [-0.1, -0.05) is 13.0 Å². The molecule has 1 heterocycles. The van der Waals surface area contributed by atoms with Crippen LogP contribution >= 0.6 is 0 Å². The number of amides is 1. The molecule has 0 spiro atoms. The maximum Gasteiger partial charge on any atom is 0.309 e. The topological polar surface area (TPSA) is 66.8 Å². The summed E-state index contributed by atoms with van der Waals surface area (Å²) in [6, 6.07) is 3.69. The molecule has 2 rings (SSSR count). The van der Waals surface area contributed by atoms with Crippen LogP contribution in [0.15, 0.2) is 18.2 Å². The maximum atomic E-state index is 13.9. The second kappa shape index (κ2) is 6.11. The van der Waals surface area contributed by atoms with Crippen molar-refractivity contribution >= 4 is 11.9 Å². The van der Waals surface area contributed by atoms with Crippen LogP contribution in [0.25, 0.3) is 0 Å². The minimum Gasteiger partial charge on any atom is -0.494 e. The van der Waals surface area contributed by atoms with E-state index in [1.807, 2.05) is 6.92 Å². The van der Waals surface area contributed by atoms with Gasteiger partial charge in [0, 0.05) is 13.0 Å². The third-order valence-electron chi connectivity index (χ3n) is 3.73. The Morgan fingerprint density at radius 2 is 2.24 bits per heavy atom. The predicted molar refractivity (Wildman–Crippen MR) is 73.4 cm³/mol. The predicted octanol–water partition coefficient (Wildman–Crippen LogP) is 2.22. The molecule has 1 aromatic carbocycles. The van der Waals surface area contributed by atoms with Crippen LogP contribution in [0.1, 0.15) is 31.4 Å². The van der Waals surface area contributed by atoms with Crippen LogP contribution in [-0.4, -0.2) is 35.5 Å². The number of nitrogens with zero attached hydrogens (tertiary/aromatic N) is 1. The van der Waals surface area contributed by atoms with Crippen molar-refractivity contribution in [2.24, 2.45) is 5.92 Å². The van der Waals surface area contributed by atoms with Crippen molar-refractivity contribution in [2.45, 2.75) is 25.8 Å². The molecule has 0 saturated carbocycles. The van der Waals surface area contributed by atoms with Gasteiger partial charge in [-0.15, -0.1) is 0 Å². The van der Waals surface area contributed by atoms with Gasteiger partial charge in [0.2, 0.25) is 5.91 Å². The molecule has 0 radical (unpaired) electrons. The molecular formula is C15H18FNO4.